The molecule has 0 bridgehead atoms. The number of anilines is 1. The molecule has 1 unspecified atom stereocenters. The Labute approximate surface area is 171 Å². The van der Waals surface area contributed by atoms with Gasteiger partial charge in [-0.1, -0.05) is 18.2 Å². The van der Waals surface area contributed by atoms with Gasteiger partial charge in [-0.15, -0.1) is 0 Å². The highest BCUT2D eigenvalue weighted by Crippen LogP contribution is 2.46. The first kappa shape index (κ1) is 18.4. The van der Waals surface area contributed by atoms with Crippen LogP contribution in [0.3, 0.4) is 0 Å². The molecule has 1 spiro atoms. The second-order valence-electron chi connectivity index (χ2n) is 8.62. The highest BCUT2D eigenvalue weighted by molar-refractivity contribution is 5.73. The minimum absolute atomic E-state index is 0.0119. The van der Waals surface area contributed by atoms with E-state index < -0.39 is 0 Å². The summed E-state index contributed by atoms with van der Waals surface area (Å²) in [6, 6.07) is 8.26. The second-order valence-corrected chi connectivity index (χ2v) is 8.62. The highest BCUT2D eigenvalue weighted by Gasteiger charge is 2.45. The van der Waals surface area contributed by atoms with Gasteiger partial charge in [0.1, 0.15) is 24.0 Å². The van der Waals surface area contributed by atoms with E-state index in [4.69, 9.17) is 14.7 Å². The monoisotopic (exact) mass is 392 g/mol. The van der Waals surface area contributed by atoms with E-state index in [0.29, 0.717) is 6.61 Å². The maximum Gasteiger partial charge on any atom is 0.219 e. The predicted octanol–water partition coefficient (Wildman–Crippen LogP) is 3.01. The van der Waals surface area contributed by atoms with E-state index in [1.807, 2.05) is 24.0 Å². The van der Waals surface area contributed by atoms with Crippen molar-refractivity contribution in [1.82, 2.24) is 14.9 Å². The summed E-state index contributed by atoms with van der Waals surface area (Å²) in [6.07, 6.45) is 4.18. The van der Waals surface area contributed by atoms with E-state index in [1.165, 1.54) is 16.8 Å². The van der Waals surface area contributed by atoms with E-state index in [2.05, 4.69) is 17.0 Å². The lowest BCUT2D eigenvalue weighted by Gasteiger charge is -2.40. The highest BCUT2D eigenvalue weighted by atomic mass is 16.5. The number of rotatable bonds is 1. The molecule has 6 heteroatoms. The number of carbonyl (C=O) groups excluding carboxylic acids is 1. The number of nitrogens with zero attached hydrogens (tertiary/aromatic N) is 4. The van der Waals surface area contributed by atoms with Crippen LogP contribution in [0, 0.1) is 6.92 Å². The van der Waals surface area contributed by atoms with E-state index in [-0.39, 0.29) is 11.3 Å². The minimum atomic E-state index is -0.0119. The summed E-state index contributed by atoms with van der Waals surface area (Å²) < 4.78 is 5.97. The Balaban J connectivity index is 1.53. The van der Waals surface area contributed by atoms with Crippen molar-refractivity contribution in [2.45, 2.75) is 51.5 Å². The molecule has 6 nitrogen and oxygen atoms in total. The summed E-state index contributed by atoms with van der Waals surface area (Å²) in [7, 11) is 0. The predicted molar refractivity (Wildman–Crippen MR) is 111 cm³/mol. The van der Waals surface area contributed by atoms with Crippen LogP contribution in [0.1, 0.15) is 48.8 Å². The Kier molecular flexibility index (Phi) is 4.45. The number of ether oxygens (including phenoxy) is 1. The number of likely N-dealkylation sites (tertiary alicyclic amines) is 1. The number of aryl methyl sites for hydroxylation is 1. The lowest BCUT2D eigenvalue weighted by Crippen LogP contribution is -2.47. The van der Waals surface area contributed by atoms with Gasteiger partial charge in [0, 0.05) is 43.1 Å². The number of fused-ring (bicyclic) bond motifs is 3. The number of benzene rings is 1. The van der Waals surface area contributed by atoms with Gasteiger partial charge in [-0.3, -0.25) is 4.79 Å². The fourth-order valence-corrected chi connectivity index (χ4v) is 5.30. The molecular weight excluding hydrogens is 364 g/mol. The molecule has 2 aromatic rings. The average molecular weight is 393 g/mol. The van der Waals surface area contributed by atoms with Gasteiger partial charge in [-0.05, 0) is 38.7 Å². The van der Waals surface area contributed by atoms with Crippen LogP contribution in [0.2, 0.25) is 0 Å². The van der Waals surface area contributed by atoms with Gasteiger partial charge in [0.05, 0.1) is 12.2 Å². The number of piperidine rings is 1. The van der Waals surface area contributed by atoms with E-state index in [9.17, 15) is 4.79 Å². The molecule has 152 valence electrons. The molecule has 1 fully saturated rings. The third kappa shape index (κ3) is 3.15. The molecule has 1 saturated heterocycles. The number of aromatic nitrogens is 2. The smallest absolute Gasteiger partial charge is 0.219 e. The van der Waals surface area contributed by atoms with Gasteiger partial charge in [0.15, 0.2) is 0 Å². The topological polar surface area (TPSA) is 58.6 Å². The summed E-state index contributed by atoms with van der Waals surface area (Å²) in [5, 5.41) is 0. The van der Waals surface area contributed by atoms with Crippen LogP contribution in [0.15, 0.2) is 24.3 Å². The molecular formula is C23H28N4O2. The van der Waals surface area contributed by atoms with Crippen molar-refractivity contribution in [3.63, 3.8) is 0 Å². The van der Waals surface area contributed by atoms with Crippen LogP contribution in [-0.2, 0) is 23.2 Å². The number of hydrogen-bond donors (Lipinski definition) is 0. The molecule has 3 heterocycles. The van der Waals surface area contributed by atoms with Crippen molar-refractivity contribution in [2.75, 3.05) is 31.1 Å². The molecule has 1 amide bonds. The zero-order valence-corrected chi connectivity index (χ0v) is 17.3. The van der Waals surface area contributed by atoms with E-state index in [0.717, 1.165) is 69.3 Å². The average Bonchev–Trinajstić information content (AvgIpc) is 2.92. The van der Waals surface area contributed by atoms with Crippen LogP contribution in [0.5, 0.6) is 5.75 Å². The van der Waals surface area contributed by atoms with Gasteiger partial charge in [-0.2, -0.15) is 0 Å². The van der Waals surface area contributed by atoms with Gasteiger partial charge in [-0.25, -0.2) is 9.97 Å². The normalized spacial score (nSPS) is 23.4. The zero-order chi connectivity index (χ0) is 20.0. The van der Waals surface area contributed by atoms with Gasteiger partial charge in [0.2, 0.25) is 5.91 Å². The number of hydrogen-bond acceptors (Lipinski definition) is 5. The molecule has 1 aromatic heterocycles. The zero-order valence-electron chi connectivity index (χ0n) is 17.3. The standard InChI is InChI=1S/C23H28N4O2/c1-16-24-21-19(8-10-23(21)9-5-11-27(15-23)17(2)28)22(25-16)26-12-13-29-20-7-4-3-6-18(20)14-26/h3-4,6-7H,5,8-15H2,1-2H3. The fraction of sp³-hybridized carbons (Fsp3) is 0.522. The third-order valence-electron chi connectivity index (χ3n) is 6.73. The van der Waals surface area contributed by atoms with Crippen molar-refractivity contribution >= 4 is 11.7 Å². The molecule has 3 aliphatic rings. The molecule has 0 radical (unpaired) electrons. The first-order valence-corrected chi connectivity index (χ1v) is 10.6. The number of para-hydroxylation sites is 1. The van der Waals surface area contributed by atoms with E-state index >= 15 is 0 Å². The van der Waals surface area contributed by atoms with Crippen molar-refractivity contribution < 1.29 is 9.53 Å². The Morgan fingerprint density at radius 1 is 1.17 bits per heavy atom. The minimum Gasteiger partial charge on any atom is -0.491 e. The molecule has 29 heavy (non-hydrogen) atoms. The second kappa shape index (κ2) is 7.01. The first-order chi connectivity index (χ1) is 14.1. The van der Waals surface area contributed by atoms with E-state index in [1.54, 1.807) is 6.92 Å². The molecule has 2 aliphatic heterocycles. The molecule has 1 aromatic carbocycles. The Morgan fingerprint density at radius 3 is 2.90 bits per heavy atom. The van der Waals surface area contributed by atoms with Crippen LogP contribution in [0.25, 0.3) is 0 Å². The summed E-state index contributed by atoms with van der Waals surface area (Å²) in [5.41, 5.74) is 3.65. The van der Waals surface area contributed by atoms with Crippen LogP contribution >= 0.6 is 0 Å². The lowest BCUT2D eigenvalue weighted by atomic mass is 9.77. The molecule has 1 atom stereocenters. The van der Waals surface area contributed by atoms with Crippen molar-refractivity contribution in [3.8, 4) is 5.75 Å². The molecule has 1 aliphatic carbocycles. The van der Waals surface area contributed by atoms with Gasteiger partial charge >= 0.3 is 0 Å². The molecule has 5 rings (SSSR count). The Bertz CT molecular complexity index is 960. The van der Waals surface area contributed by atoms with Crippen molar-refractivity contribution in [2.24, 2.45) is 0 Å². The van der Waals surface area contributed by atoms with Crippen LogP contribution in [0.4, 0.5) is 5.82 Å². The molecule has 0 N–H and O–H groups in total. The summed E-state index contributed by atoms with van der Waals surface area (Å²) in [6.45, 7) is 7.58. The third-order valence-corrected chi connectivity index (χ3v) is 6.73. The van der Waals surface area contributed by atoms with Gasteiger partial charge in [0.25, 0.3) is 0 Å². The number of amides is 1. The maximum absolute atomic E-state index is 12.1. The lowest BCUT2D eigenvalue weighted by molar-refractivity contribution is -0.131. The van der Waals surface area contributed by atoms with Crippen LogP contribution < -0.4 is 9.64 Å². The van der Waals surface area contributed by atoms with Crippen molar-refractivity contribution in [3.05, 3.63) is 46.9 Å². The molecule has 0 saturated carbocycles. The fourth-order valence-electron chi connectivity index (χ4n) is 5.30. The Morgan fingerprint density at radius 2 is 2.03 bits per heavy atom. The quantitative estimate of drug-likeness (QED) is 0.747. The summed E-state index contributed by atoms with van der Waals surface area (Å²) >= 11 is 0. The van der Waals surface area contributed by atoms with Gasteiger partial charge < -0.3 is 14.5 Å². The van der Waals surface area contributed by atoms with Crippen LogP contribution in [-0.4, -0.2) is 47.0 Å². The first-order valence-electron chi connectivity index (χ1n) is 10.6. The summed E-state index contributed by atoms with van der Waals surface area (Å²) in [5.74, 6) is 3.02. The Hall–Kier alpha value is -2.63. The summed E-state index contributed by atoms with van der Waals surface area (Å²) in [4.78, 5) is 26.2. The maximum atomic E-state index is 12.1. The SMILES string of the molecule is CC(=O)N1CCCC2(CCc3c(N4CCOc5ccccc5C4)nc(C)nc32)C1. The largest absolute Gasteiger partial charge is 0.491 e. The number of carbonyl (C=O) groups is 1. The van der Waals surface area contributed by atoms with Crippen molar-refractivity contribution in [1.29, 1.82) is 0 Å².